The monoisotopic (exact) mass is 265 g/mol. The van der Waals surface area contributed by atoms with Crippen molar-refractivity contribution in [2.75, 3.05) is 6.54 Å². The van der Waals surface area contributed by atoms with E-state index >= 15 is 0 Å². The Hall–Kier alpha value is -1.36. The number of hydrogen-bond donors (Lipinski definition) is 1. The molecule has 0 unspecified atom stereocenters. The fraction of sp³-hybridized carbons (Fsp3) is 0.714. The maximum Gasteiger partial charge on any atom is 0.317 e. The minimum atomic E-state index is -0.742. The Balaban J connectivity index is 2.05. The van der Waals surface area contributed by atoms with Crippen LogP contribution in [0.3, 0.4) is 0 Å². The van der Waals surface area contributed by atoms with E-state index < -0.39 is 5.97 Å². The van der Waals surface area contributed by atoms with Crippen LogP contribution in [-0.2, 0) is 17.9 Å². The predicted molar refractivity (Wildman–Crippen MR) is 72.8 cm³/mol. The fourth-order valence-electron chi connectivity index (χ4n) is 2.89. The number of aliphatic carboxylic acids is 1. The van der Waals surface area contributed by atoms with E-state index in [1.807, 2.05) is 12.5 Å². The SMILES string of the molecule is CCCn1cncc1CN(CC(=O)O)C1CCCC1. The molecule has 5 heteroatoms. The molecule has 1 aliphatic carbocycles. The topological polar surface area (TPSA) is 58.4 Å². The standard InChI is InChI=1S/C14H23N3O2/c1-2-7-16-11-15-8-13(16)9-17(10-14(18)19)12-5-3-4-6-12/h8,11-12H,2-7,9-10H2,1H3,(H,18,19). The predicted octanol–water partition coefficient (Wildman–Crippen LogP) is 2.12. The van der Waals surface area contributed by atoms with Crippen LogP contribution in [0.1, 0.15) is 44.7 Å². The molecule has 19 heavy (non-hydrogen) atoms. The van der Waals surface area contributed by atoms with E-state index in [9.17, 15) is 4.79 Å². The van der Waals surface area contributed by atoms with Crippen molar-refractivity contribution in [2.45, 2.75) is 58.2 Å². The first-order chi connectivity index (χ1) is 9.20. The molecule has 1 saturated carbocycles. The summed E-state index contributed by atoms with van der Waals surface area (Å²) in [5.41, 5.74) is 1.12. The van der Waals surface area contributed by atoms with Crippen molar-refractivity contribution < 1.29 is 9.90 Å². The normalized spacial score (nSPS) is 16.3. The van der Waals surface area contributed by atoms with E-state index in [2.05, 4.69) is 21.4 Å². The van der Waals surface area contributed by atoms with Crippen LogP contribution in [0.15, 0.2) is 12.5 Å². The lowest BCUT2D eigenvalue weighted by molar-refractivity contribution is -0.139. The lowest BCUT2D eigenvalue weighted by Gasteiger charge is -2.27. The third-order valence-corrected chi connectivity index (χ3v) is 3.81. The van der Waals surface area contributed by atoms with Gasteiger partial charge in [-0.15, -0.1) is 0 Å². The number of aryl methyl sites for hydroxylation is 1. The van der Waals surface area contributed by atoms with Crippen molar-refractivity contribution in [3.8, 4) is 0 Å². The largest absolute Gasteiger partial charge is 0.480 e. The molecule has 0 spiro atoms. The van der Waals surface area contributed by atoms with Gasteiger partial charge in [0.1, 0.15) is 0 Å². The number of carboxylic acids is 1. The molecule has 1 aromatic heterocycles. The Morgan fingerprint density at radius 2 is 2.26 bits per heavy atom. The van der Waals surface area contributed by atoms with Crippen LogP contribution in [0.2, 0.25) is 0 Å². The summed E-state index contributed by atoms with van der Waals surface area (Å²) >= 11 is 0. The summed E-state index contributed by atoms with van der Waals surface area (Å²) in [4.78, 5) is 17.3. The van der Waals surface area contributed by atoms with Gasteiger partial charge in [0.25, 0.3) is 0 Å². The van der Waals surface area contributed by atoms with Gasteiger partial charge in [0.2, 0.25) is 0 Å². The van der Waals surface area contributed by atoms with E-state index in [1.54, 1.807) is 0 Å². The maximum absolute atomic E-state index is 11.0. The Labute approximate surface area is 114 Å². The van der Waals surface area contributed by atoms with E-state index in [4.69, 9.17) is 5.11 Å². The Morgan fingerprint density at radius 3 is 2.89 bits per heavy atom. The molecule has 1 heterocycles. The van der Waals surface area contributed by atoms with Crippen LogP contribution >= 0.6 is 0 Å². The minimum Gasteiger partial charge on any atom is -0.480 e. The summed E-state index contributed by atoms with van der Waals surface area (Å²) in [5, 5.41) is 9.08. The number of aromatic nitrogens is 2. The zero-order valence-electron chi connectivity index (χ0n) is 11.6. The highest BCUT2D eigenvalue weighted by atomic mass is 16.4. The van der Waals surface area contributed by atoms with E-state index in [0.29, 0.717) is 12.6 Å². The summed E-state index contributed by atoms with van der Waals surface area (Å²) in [7, 11) is 0. The summed E-state index contributed by atoms with van der Waals surface area (Å²) in [6, 6.07) is 0.418. The molecule has 0 bridgehead atoms. The average molecular weight is 265 g/mol. The van der Waals surface area contributed by atoms with Gasteiger partial charge in [0, 0.05) is 25.3 Å². The molecule has 0 amide bonds. The van der Waals surface area contributed by atoms with Crippen LogP contribution in [0.5, 0.6) is 0 Å². The highest BCUT2D eigenvalue weighted by Gasteiger charge is 2.25. The van der Waals surface area contributed by atoms with Crippen molar-refractivity contribution in [2.24, 2.45) is 0 Å². The molecule has 5 nitrogen and oxygen atoms in total. The lowest BCUT2D eigenvalue weighted by Crippen LogP contribution is -2.37. The summed E-state index contributed by atoms with van der Waals surface area (Å²) in [6.45, 7) is 3.90. The van der Waals surface area contributed by atoms with Crippen molar-refractivity contribution in [1.29, 1.82) is 0 Å². The van der Waals surface area contributed by atoms with E-state index in [0.717, 1.165) is 31.5 Å². The maximum atomic E-state index is 11.0. The van der Waals surface area contributed by atoms with Crippen LogP contribution in [-0.4, -0.2) is 38.1 Å². The molecule has 1 aliphatic rings. The number of carboxylic acid groups (broad SMARTS) is 1. The smallest absolute Gasteiger partial charge is 0.317 e. The van der Waals surface area contributed by atoms with Gasteiger partial charge >= 0.3 is 5.97 Å². The summed E-state index contributed by atoms with van der Waals surface area (Å²) < 4.78 is 2.13. The van der Waals surface area contributed by atoms with Gasteiger partial charge in [0.15, 0.2) is 0 Å². The molecular weight excluding hydrogens is 242 g/mol. The van der Waals surface area contributed by atoms with Gasteiger partial charge in [-0.3, -0.25) is 9.69 Å². The third kappa shape index (κ3) is 3.80. The lowest BCUT2D eigenvalue weighted by atomic mass is 10.2. The first kappa shape index (κ1) is 14.1. The van der Waals surface area contributed by atoms with Crippen molar-refractivity contribution in [3.63, 3.8) is 0 Å². The Kier molecular flexibility index (Phi) is 4.96. The Morgan fingerprint density at radius 1 is 1.53 bits per heavy atom. The van der Waals surface area contributed by atoms with E-state index in [1.165, 1.54) is 12.8 Å². The number of carbonyl (C=O) groups is 1. The van der Waals surface area contributed by atoms with Crippen LogP contribution in [0.25, 0.3) is 0 Å². The van der Waals surface area contributed by atoms with E-state index in [-0.39, 0.29) is 6.54 Å². The van der Waals surface area contributed by atoms with Crippen molar-refractivity contribution >= 4 is 5.97 Å². The third-order valence-electron chi connectivity index (χ3n) is 3.81. The molecule has 0 atom stereocenters. The van der Waals surface area contributed by atoms with Crippen LogP contribution in [0.4, 0.5) is 0 Å². The molecule has 0 aliphatic heterocycles. The van der Waals surface area contributed by atoms with Gasteiger partial charge in [-0.2, -0.15) is 0 Å². The summed E-state index contributed by atoms with van der Waals surface area (Å²) in [5.74, 6) is -0.742. The second-order valence-corrected chi connectivity index (χ2v) is 5.32. The molecule has 106 valence electrons. The van der Waals surface area contributed by atoms with Crippen molar-refractivity contribution in [3.05, 3.63) is 18.2 Å². The first-order valence-corrected chi connectivity index (χ1v) is 7.15. The van der Waals surface area contributed by atoms with Gasteiger partial charge in [-0.05, 0) is 19.3 Å². The molecule has 1 fully saturated rings. The molecule has 0 aromatic carbocycles. The van der Waals surface area contributed by atoms with Crippen LogP contribution in [0, 0.1) is 0 Å². The summed E-state index contributed by atoms with van der Waals surface area (Å²) in [6.07, 6.45) is 9.44. The molecule has 1 aromatic rings. The fourth-order valence-corrected chi connectivity index (χ4v) is 2.89. The zero-order chi connectivity index (χ0) is 13.7. The molecule has 1 N–H and O–H groups in total. The highest BCUT2D eigenvalue weighted by molar-refractivity contribution is 5.69. The second-order valence-electron chi connectivity index (χ2n) is 5.32. The number of rotatable bonds is 7. The van der Waals surface area contributed by atoms with Crippen LogP contribution < -0.4 is 0 Å². The average Bonchev–Trinajstić information content (AvgIpc) is 3.00. The molecule has 0 saturated heterocycles. The highest BCUT2D eigenvalue weighted by Crippen LogP contribution is 2.24. The second kappa shape index (κ2) is 6.70. The quantitative estimate of drug-likeness (QED) is 0.820. The molecular formula is C14H23N3O2. The zero-order valence-corrected chi connectivity index (χ0v) is 11.6. The Bertz CT molecular complexity index is 411. The number of nitrogens with zero attached hydrogens (tertiary/aromatic N) is 3. The molecule has 0 radical (unpaired) electrons. The van der Waals surface area contributed by atoms with Crippen molar-refractivity contribution in [1.82, 2.24) is 14.5 Å². The van der Waals surface area contributed by atoms with Gasteiger partial charge in [0.05, 0.1) is 18.6 Å². The van der Waals surface area contributed by atoms with Gasteiger partial charge < -0.3 is 9.67 Å². The number of imidazole rings is 1. The minimum absolute atomic E-state index is 0.127. The number of hydrogen-bond acceptors (Lipinski definition) is 3. The van der Waals surface area contributed by atoms with Gasteiger partial charge in [-0.1, -0.05) is 19.8 Å². The van der Waals surface area contributed by atoms with Gasteiger partial charge in [-0.25, -0.2) is 4.98 Å². The first-order valence-electron chi connectivity index (χ1n) is 7.15. The molecule has 2 rings (SSSR count).